The maximum atomic E-state index is 5.54. The van der Waals surface area contributed by atoms with E-state index < -0.39 is 0 Å². The van der Waals surface area contributed by atoms with Crippen LogP contribution < -0.4 is 11.5 Å². The van der Waals surface area contributed by atoms with Gasteiger partial charge in [-0.05, 0) is 12.8 Å². The van der Waals surface area contributed by atoms with E-state index >= 15 is 0 Å². The van der Waals surface area contributed by atoms with Gasteiger partial charge >= 0.3 is 0 Å². The predicted octanol–water partition coefficient (Wildman–Crippen LogP) is 0.911. The van der Waals surface area contributed by atoms with Gasteiger partial charge in [0.2, 0.25) is 0 Å². The molecule has 0 aliphatic carbocycles. The minimum atomic E-state index is 0.733. The van der Waals surface area contributed by atoms with Gasteiger partial charge in [-0.3, -0.25) is 9.98 Å². The van der Waals surface area contributed by atoms with E-state index in [0.29, 0.717) is 0 Å². The van der Waals surface area contributed by atoms with E-state index in [1.807, 2.05) is 0 Å². The van der Waals surface area contributed by atoms with E-state index in [-0.39, 0.29) is 0 Å². The Morgan fingerprint density at radius 3 is 1.54 bits per heavy atom. The molecule has 0 aromatic heterocycles. The lowest BCUT2D eigenvalue weighted by Crippen LogP contribution is -2.12. The van der Waals surface area contributed by atoms with Crippen molar-refractivity contribution in [3.05, 3.63) is 0 Å². The molecule has 0 aliphatic rings. The van der Waals surface area contributed by atoms with E-state index in [4.69, 9.17) is 11.5 Å². The smallest absolute Gasteiger partial charge is 0.0933 e. The molecule has 0 atom stereocenters. The van der Waals surface area contributed by atoms with Crippen LogP contribution in [0.25, 0.3) is 0 Å². The average Bonchev–Trinajstić information content (AvgIpc) is 2.16. The van der Waals surface area contributed by atoms with Crippen LogP contribution in [0, 0.1) is 0 Å². The zero-order chi connectivity index (χ0) is 10.1. The maximum Gasteiger partial charge on any atom is 0.0933 e. The van der Waals surface area contributed by atoms with Gasteiger partial charge < -0.3 is 11.5 Å². The third-order valence-electron chi connectivity index (χ3n) is 1.94. The predicted molar refractivity (Wildman–Crippen MR) is 58.2 cm³/mol. The number of nitrogens with two attached hydrogens (primary N) is 2. The lowest BCUT2D eigenvalue weighted by atomic mass is 10.1. The number of hydrogen-bond acceptors (Lipinski definition) is 2. The molecule has 4 heteroatoms. The summed E-state index contributed by atoms with van der Waals surface area (Å²) in [7, 11) is 3.44. The Kier molecular flexibility index (Phi) is 6.96. The largest absolute Gasteiger partial charge is 0.387 e. The standard InChI is InChI=1S/C9H20N4/c1-12-8(10)6-4-3-5-7-9(11)13-2/h3-7H2,1-2H3,(H2,10,12)(H2,11,13). The molecular weight excluding hydrogens is 164 g/mol. The van der Waals surface area contributed by atoms with Crippen LogP contribution in [0.5, 0.6) is 0 Å². The van der Waals surface area contributed by atoms with Crippen molar-refractivity contribution in [3.8, 4) is 0 Å². The molecule has 4 nitrogen and oxygen atoms in total. The Balaban J connectivity index is 3.27. The summed E-state index contributed by atoms with van der Waals surface area (Å²) in [5.41, 5.74) is 11.1. The highest BCUT2D eigenvalue weighted by Crippen LogP contribution is 2.02. The molecule has 76 valence electrons. The van der Waals surface area contributed by atoms with Crippen molar-refractivity contribution in [2.75, 3.05) is 14.1 Å². The van der Waals surface area contributed by atoms with Gasteiger partial charge in [0.05, 0.1) is 11.7 Å². The van der Waals surface area contributed by atoms with Crippen LogP contribution in [0.3, 0.4) is 0 Å². The first-order valence-electron chi connectivity index (χ1n) is 4.63. The highest BCUT2D eigenvalue weighted by molar-refractivity contribution is 5.80. The van der Waals surface area contributed by atoms with Gasteiger partial charge in [-0.2, -0.15) is 0 Å². The third-order valence-corrected chi connectivity index (χ3v) is 1.94. The van der Waals surface area contributed by atoms with Gasteiger partial charge in [0, 0.05) is 26.9 Å². The van der Waals surface area contributed by atoms with Crippen molar-refractivity contribution in [2.45, 2.75) is 32.1 Å². The Morgan fingerprint density at radius 2 is 1.23 bits per heavy atom. The van der Waals surface area contributed by atoms with Crippen LogP contribution in [-0.2, 0) is 0 Å². The molecule has 0 saturated heterocycles. The first-order valence-corrected chi connectivity index (χ1v) is 4.63. The first-order chi connectivity index (χ1) is 6.20. The van der Waals surface area contributed by atoms with Crippen LogP contribution >= 0.6 is 0 Å². The van der Waals surface area contributed by atoms with Crippen molar-refractivity contribution < 1.29 is 0 Å². The van der Waals surface area contributed by atoms with Crippen molar-refractivity contribution >= 4 is 11.7 Å². The number of hydrogen-bond donors (Lipinski definition) is 2. The van der Waals surface area contributed by atoms with E-state index in [2.05, 4.69) is 9.98 Å². The second kappa shape index (κ2) is 7.58. The zero-order valence-corrected chi connectivity index (χ0v) is 8.58. The Bertz CT molecular complexity index is 164. The summed E-state index contributed by atoms with van der Waals surface area (Å²) in [4.78, 5) is 7.77. The number of unbranched alkanes of at least 4 members (excludes halogenated alkanes) is 2. The van der Waals surface area contributed by atoms with Gasteiger partial charge in [-0.25, -0.2) is 0 Å². The number of rotatable bonds is 6. The summed E-state index contributed by atoms with van der Waals surface area (Å²) in [6.45, 7) is 0. The van der Waals surface area contributed by atoms with Crippen LogP contribution in [-0.4, -0.2) is 25.8 Å². The second-order valence-corrected chi connectivity index (χ2v) is 2.99. The van der Waals surface area contributed by atoms with Gasteiger partial charge in [-0.1, -0.05) is 6.42 Å². The molecule has 0 spiro atoms. The molecule has 0 fully saturated rings. The van der Waals surface area contributed by atoms with E-state index in [1.165, 1.54) is 0 Å². The van der Waals surface area contributed by atoms with E-state index in [0.717, 1.165) is 43.8 Å². The molecule has 0 amide bonds. The van der Waals surface area contributed by atoms with Crippen molar-refractivity contribution in [3.63, 3.8) is 0 Å². The molecule has 0 saturated carbocycles. The molecular formula is C9H20N4. The molecule has 0 bridgehead atoms. The lowest BCUT2D eigenvalue weighted by molar-refractivity contribution is 0.713. The molecule has 0 aliphatic heterocycles. The van der Waals surface area contributed by atoms with Crippen molar-refractivity contribution in [1.82, 2.24) is 0 Å². The molecule has 13 heavy (non-hydrogen) atoms. The summed E-state index contributed by atoms with van der Waals surface area (Å²) < 4.78 is 0. The van der Waals surface area contributed by atoms with Gasteiger partial charge in [0.1, 0.15) is 0 Å². The second-order valence-electron chi connectivity index (χ2n) is 2.99. The van der Waals surface area contributed by atoms with E-state index in [9.17, 15) is 0 Å². The highest BCUT2D eigenvalue weighted by atomic mass is 14.8. The summed E-state index contributed by atoms with van der Waals surface area (Å²) in [5.74, 6) is 1.47. The van der Waals surface area contributed by atoms with Gasteiger partial charge in [0.25, 0.3) is 0 Å². The Labute approximate surface area is 80.1 Å². The summed E-state index contributed by atoms with van der Waals surface area (Å²) in [6, 6.07) is 0. The fourth-order valence-corrected chi connectivity index (χ4v) is 1.01. The van der Waals surface area contributed by atoms with Gasteiger partial charge in [0.15, 0.2) is 0 Å². The first kappa shape index (κ1) is 11.9. The van der Waals surface area contributed by atoms with Crippen molar-refractivity contribution in [2.24, 2.45) is 21.5 Å². The highest BCUT2D eigenvalue weighted by Gasteiger charge is 1.94. The lowest BCUT2D eigenvalue weighted by Gasteiger charge is -2.00. The summed E-state index contributed by atoms with van der Waals surface area (Å²) in [5, 5.41) is 0. The van der Waals surface area contributed by atoms with Crippen LogP contribution in [0.2, 0.25) is 0 Å². The maximum absolute atomic E-state index is 5.54. The fourth-order valence-electron chi connectivity index (χ4n) is 1.01. The number of aliphatic imine (C=N–C) groups is 2. The molecule has 0 aromatic rings. The molecule has 0 radical (unpaired) electrons. The Hall–Kier alpha value is -1.06. The topological polar surface area (TPSA) is 76.8 Å². The molecule has 0 heterocycles. The minimum absolute atomic E-state index is 0.733. The van der Waals surface area contributed by atoms with Crippen LogP contribution in [0.1, 0.15) is 32.1 Å². The number of amidine groups is 2. The van der Waals surface area contributed by atoms with Gasteiger partial charge in [-0.15, -0.1) is 0 Å². The summed E-state index contributed by atoms with van der Waals surface area (Å²) >= 11 is 0. The fraction of sp³-hybridized carbons (Fsp3) is 0.778. The Morgan fingerprint density at radius 1 is 0.846 bits per heavy atom. The molecule has 0 rings (SSSR count). The molecule has 4 N–H and O–H groups in total. The normalized spacial score (nSPS) is 13.4. The SMILES string of the molecule is CN=C(N)CCCCCC(N)=NC. The minimum Gasteiger partial charge on any atom is -0.387 e. The van der Waals surface area contributed by atoms with E-state index in [1.54, 1.807) is 14.1 Å². The van der Waals surface area contributed by atoms with Crippen LogP contribution in [0.4, 0.5) is 0 Å². The number of nitrogens with zero attached hydrogens (tertiary/aromatic N) is 2. The van der Waals surface area contributed by atoms with Crippen LogP contribution in [0.15, 0.2) is 9.98 Å². The zero-order valence-electron chi connectivity index (χ0n) is 8.58. The third kappa shape index (κ3) is 7.31. The molecule has 0 unspecified atom stereocenters. The molecule has 0 aromatic carbocycles. The van der Waals surface area contributed by atoms with Crippen molar-refractivity contribution in [1.29, 1.82) is 0 Å². The average molecular weight is 184 g/mol. The summed E-state index contributed by atoms with van der Waals surface area (Å²) in [6.07, 6.45) is 5.08. The monoisotopic (exact) mass is 184 g/mol. The quantitative estimate of drug-likeness (QED) is 0.365.